The fourth-order valence-electron chi connectivity index (χ4n) is 0.495. The van der Waals surface area contributed by atoms with E-state index in [1.807, 2.05) is 0 Å². The summed E-state index contributed by atoms with van der Waals surface area (Å²) in [5, 5.41) is 0. The quantitative estimate of drug-likeness (QED) is 0.141. The molecule has 0 aromatic heterocycles. The molecule has 0 unspecified atom stereocenters. The van der Waals surface area contributed by atoms with E-state index in [9.17, 15) is 22.0 Å². The Morgan fingerprint density at radius 3 is 1.31 bits per heavy atom. The van der Waals surface area contributed by atoms with Gasteiger partial charge in [-0.3, -0.25) is 8.78 Å². The van der Waals surface area contributed by atoms with Gasteiger partial charge in [0.1, 0.15) is 0 Å². The molecule has 0 atom stereocenters. The first-order valence-electron chi connectivity index (χ1n) is 2.44. The Morgan fingerprint density at radius 2 is 1.00 bits per heavy atom. The molecule has 0 nitrogen and oxygen atoms in total. The molecule has 13 heavy (non-hydrogen) atoms. The van der Waals surface area contributed by atoms with Crippen molar-refractivity contribution in [2.45, 2.75) is 0 Å². The van der Waals surface area contributed by atoms with Gasteiger partial charge in [0.25, 0.3) is 0 Å². The van der Waals surface area contributed by atoms with Gasteiger partial charge in [0, 0.05) is 0 Å². The maximum absolute atomic E-state index is 12.0. The van der Waals surface area contributed by atoms with Crippen LogP contribution in [0, 0.1) is 35.2 Å². The van der Waals surface area contributed by atoms with Crippen LogP contribution in [0.4, 0.5) is 22.0 Å². The number of hydrogen-bond donors (Lipinski definition) is 0. The summed E-state index contributed by atoms with van der Waals surface area (Å²) in [6.45, 7) is 0. The van der Waals surface area contributed by atoms with E-state index >= 15 is 0 Å². The summed E-state index contributed by atoms with van der Waals surface area (Å²) in [4.78, 5) is 0. The minimum Gasteiger partial charge on any atom is -1.00 e. The minimum absolute atomic E-state index is 0. The van der Waals surface area contributed by atoms with Crippen LogP contribution in [-0.2, 0) is 0 Å². The van der Waals surface area contributed by atoms with Crippen LogP contribution < -0.4 is 24.0 Å². The van der Waals surface area contributed by atoms with E-state index in [2.05, 4.69) is 0 Å². The molecule has 68 valence electrons. The molecule has 1 aromatic rings. The first-order chi connectivity index (χ1) is 5.04. The molecule has 0 saturated carbocycles. The molecular weight excluding hydrogens is 318 g/mol. The van der Waals surface area contributed by atoms with Gasteiger partial charge in [0.2, 0.25) is 0 Å². The van der Waals surface area contributed by atoms with Gasteiger partial charge < -0.3 is 24.0 Å². The average molecular weight is 318 g/mol. The third-order valence-corrected chi connectivity index (χ3v) is 0.990. The van der Waals surface area contributed by atoms with E-state index < -0.39 is 29.1 Å². The summed E-state index contributed by atoms with van der Waals surface area (Å²) in [6.07, 6.45) is 0. The van der Waals surface area contributed by atoms with Crippen molar-refractivity contribution in [1.82, 2.24) is 0 Å². The zero-order chi connectivity index (χ0) is 8.59. The normalized spacial score (nSPS) is 8.69. The molecule has 1 rings (SSSR count). The van der Waals surface area contributed by atoms with Crippen LogP contribution in [0.5, 0.6) is 0 Å². The van der Waals surface area contributed by atoms with Crippen LogP contribution in [0.3, 0.4) is 0 Å². The molecule has 0 heterocycles. The summed E-state index contributed by atoms with van der Waals surface area (Å²) >= 11 is 0. The second kappa shape index (κ2) is 5.96. The van der Waals surface area contributed by atoms with Crippen LogP contribution in [0.2, 0.25) is 0 Å². The van der Waals surface area contributed by atoms with Gasteiger partial charge >= 0.3 is 23.1 Å². The van der Waals surface area contributed by atoms with E-state index in [1.165, 1.54) is 0 Å². The molecular formula is C6F5IMg. The van der Waals surface area contributed by atoms with E-state index in [1.54, 1.807) is 0 Å². The maximum Gasteiger partial charge on any atom is 2.00 e. The van der Waals surface area contributed by atoms with Crippen LogP contribution in [0.25, 0.3) is 0 Å². The summed E-state index contributed by atoms with van der Waals surface area (Å²) < 4.78 is 59.9. The predicted octanol–water partition coefficient (Wildman–Crippen LogP) is -1.19. The maximum atomic E-state index is 12.0. The van der Waals surface area contributed by atoms with E-state index in [0.29, 0.717) is 0 Å². The van der Waals surface area contributed by atoms with Crippen molar-refractivity contribution in [2.75, 3.05) is 0 Å². The molecule has 1 aromatic carbocycles. The Kier molecular flexibility index (Phi) is 7.26. The number of hydrogen-bond acceptors (Lipinski definition) is 0. The Bertz CT molecular complexity index is 277. The van der Waals surface area contributed by atoms with Gasteiger partial charge in [-0.2, -0.15) is 0 Å². The third-order valence-electron chi connectivity index (χ3n) is 0.990. The molecule has 0 spiro atoms. The molecule has 0 N–H and O–H groups in total. The van der Waals surface area contributed by atoms with Crippen molar-refractivity contribution in [1.29, 1.82) is 0 Å². The van der Waals surface area contributed by atoms with Gasteiger partial charge in [-0.1, -0.05) is 0 Å². The first kappa shape index (κ1) is 15.8. The second-order valence-corrected chi connectivity index (χ2v) is 1.69. The Labute approximate surface area is 104 Å². The Hall–Kier alpha value is 0.366. The van der Waals surface area contributed by atoms with Gasteiger partial charge in [0.05, 0.1) is 29.1 Å². The predicted molar refractivity (Wildman–Crippen MR) is 30.8 cm³/mol. The van der Waals surface area contributed by atoms with Crippen molar-refractivity contribution in [2.24, 2.45) is 0 Å². The van der Waals surface area contributed by atoms with Crippen molar-refractivity contribution in [3.05, 3.63) is 35.2 Å². The third kappa shape index (κ3) is 3.20. The zero-order valence-electron chi connectivity index (χ0n) is 5.97. The molecule has 7 heteroatoms. The fraction of sp³-hybridized carbons (Fsp3) is 0. The van der Waals surface area contributed by atoms with Gasteiger partial charge in [-0.05, 0) is 0 Å². The van der Waals surface area contributed by atoms with Crippen LogP contribution in [-0.4, -0.2) is 23.1 Å². The summed E-state index contributed by atoms with van der Waals surface area (Å²) in [5.41, 5.74) is 0. The molecule has 0 fully saturated rings. The van der Waals surface area contributed by atoms with Crippen LogP contribution >= 0.6 is 0 Å². The van der Waals surface area contributed by atoms with E-state index in [4.69, 9.17) is 0 Å². The average Bonchev–Trinajstić information content (AvgIpc) is 1.97. The fourth-order valence-corrected chi connectivity index (χ4v) is 0.495. The van der Waals surface area contributed by atoms with Crippen molar-refractivity contribution in [3.8, 4) is 0 Å². The van der Waals surface area contributed by atoms with Crippen molar-refractivity contribution in [3.63, 3.8) is 0 Å². The molecule has 0 amide bonds. The zero-order valence-corrected chi connectivity index (χ0v) is 9.55. The number of rotatable bonds is 0. The summed E-state index contributed by atoms with van der Waals surface area (Å²) in [7, 11) is 0. The smallest absolute Gasteiger partial charge is 1.00 e. The van der Waals surface area contributed by atoms with Crippen LogP contribution in [0.15, 0.2) is 0 Å². The number of benzene rings is 1. The molecule has 0 aliphatic carbocycles. The Morgan fingerprint density at radius 1 is 0.692 bits per heavy atom. The second-order valence-electron chi connectivity index (χ2n) is 1.69. The standard InChI is InChI=1S/C6F5.HI.Mg/c7-2-1-3(8)5(10)6(11)4(2)9;;/h;1H;/q-1;;+2/p-1. The molecule has 0 saturated heterocycles. The Balaban J connectivity index is 0. The van der Waals surface area contributed by atoms with Crippen molar-refractivity contribution < 1.29 is 45.9 Å². The monoisotopic (exact) mass is 318 g/mol. The van der Waals surface area contributed by atoms with E-state index in [-0.39, 0.29) is 47.0 Å². The topological polar surface area (TPSA) is 0 Å². The molecule has 0 bridgehead atoms. The summed E-state index contributed by atoms with van der Waals surface area (Å²) in [5.74, 6) is -10.0. The van der Waals surface area contributed by atoms with Crippen molar-refractivity contribution >= 4 is 23.1 Å². The first-order valence-corrected chi connectivity index (χ1v) is 2.44. The number of halogens is 6. The van der Waals surface area contributed by atoms with Gasteiger partial charge in [-0.25, -0.2) is 13.2 Å². The minimum atomic E-state index is -2.17. The molecule has 0 radical (unpaired) electrons. The van der Waals surface area contributed by atoms with Gasteiger partial charge in [0.15, 0.2) is 0 Å². The SMILES string of the molecule is Fc1[c-]c(F)c(F)c(F)c1F.[I-].[Mg+2]. The largest absolute Gasteiger partial charge is 2.00 e. The van der Waals surface area contributed by atoms with Crippen LogP contribution in [0.1, 0.15) is 0 Å². The van der Waals surface area contributed by atoms with Gasteiger partial charge in [-0.15, -0.1) is 6.07 Å². The molecule has 0 aliphatic heterocycles. The molecule has 0 aliphatic rings. The van der Waals surface area contributed by atoms with E-state index in [0.717, 1.165) is 6.07 Å². The summed E-state index contributed by atoms with van der Waals surface area (Å²) in [6, 6.07) is 1.02.